The molecule has 0 radical (unpaired) electrons. The number of rotatable bonds is 4. The average Bonchev–Trinajstić information content (AvgIpc) is 3.15. The van der Waals surface area contributed by atoms with E-state index in [1.807, 2.05) is 0 Å². The fraction of sp³-hybridized carbons (Fsp3) is 0. The summed E-state index contributed by atoms with van der Waals surface area (Å²) in [5, 5.41) is 5.43. The molecule has 0 bridgehead atoms. The first-order chi connectivity index (χ1) is 11.0. The van der Waals surface area contributed by atoms with E-state index in [1.165, 1.54) is 11.3 Å². The van der Waals surface area contributed by atoms with E-state index >= 15 is 0 Å². The van der Waals surface area contributed by atoms with E-state index in [4.69, 9.17) is 17.3 Å². The summed E-state index contributed by atoms with van der Waals surface area (Å²) in [4.78, 5) is 30.3. The molecule has 3 aromatic rings. The summed E-state index contributed by atoms with van der Waals surface area (Å²) in [6.45, 7) is 0. The molecule has 3 rings (SSSR count). The Morgan fingerprint density at radius 1 is 1.30 bits per heavy atom. The maximum absolute atomic E-state index is 12.1. The highest BCUT2D eigenvalue weighted by atomic mass is 35.5. The lowest BCUT2D eigenvalue weighted by molar-refractivity contribution is 0.0994. The van der Waals surface area contributed by atoms with Crippen LogP contribution in [0.4, 0.5) is 5.13 Å². The molecule has 4 N–H and O–H groups in total. The molecule has 0 aliphatic heterocycles. The van der Waals surface area contributed by atoms with E-state index in [9.17, 15) is 9.59 Å². The summed E-state index contributed by atoms with van der Waals surface area (Å²) >= 11 is 7.15. The highest BCUT2D eigenvalue weighted by Crippen LogP contribution is 2.26. The Hall–Kier alpha value is -2.64. The van der Waals surface area contributed by atoms with E-state index in [2.05, 4.69) is 15.3 Å². The van der Waals surface area contributed by atoms with Crippen molar-refractivity contribution in [1.29, 1.82) is 0 Å². The molecule has 23 heavy (non-hydrogen) atoms. The molecular weight excluding hydrogens is 336 g/mol. The number of thiazole rings is 1. The first-order valence-electron chi connectivity index (χ1n) is 6.54. The fourth-order valence-electron chi connectivity index (χ4n) is 1.95. The largest absolute Gasteiger partial charge is 0.364 e. The number of anilines is 1. The van der Waals surface area contributed by atoms with E-state index in [0.29, 0.717) is 27.1 Å². The Kier molecular flexibility index (Phi) is 4.14. The van der Waals surface area contributed by atoms with Crippen molar-refractivity contribution in [3.05, 3.63) is 58.2 Å². The summed E-state index contributed by atoms with van der Waals surface area (Å²) in [6.07, 6.45) is 1.64. The summed E-state index contributed by atoms with van der Waals surface area (Å²) in [6, 6.07) is 8.26. The number of hydrogen-bond donors (Lipinski definition) is 3. The number of carbonyl (C=O) groups excluding carboxylic acids is 2. The Bertz CT molecular complexity index is 887. The highest BCUT2D eigenvalue weighted by molar-refractivity contribution is 7.14. The van der Waals surface area contributed by atoms with Crippen molar-refractivity contribution in [2.45, 2.75) is 0 Å². The third-order valence-corrected chi connectivity index (χ3v) is 4.05. The number of amides is 2. The fourth-order valence-corrected chi connectivity index (χ4v) is 2.85. The van der Waals surface area contributed by atoms with Crippen LogP contribution in [0.25, 0.3) is 11.3 Å². The second-order valence-corrected chi connectivity index (χ2v) is 5.96. The molecule has 0 aliphatic carbocycles. The van der Waals surface area contributed by atoms with Crippen molar-refractivity contribution in [2.75, 3.05) is 5.32 Å². The minimum atomic E-state index is -0.541. The topological polar surface area (TPSA) is 101 Å². The van der Waals surface area contributed by atoms with Gasteiger partial charge in [0, 0.05) is 27.7 Å². The number of primary amides is 1. The Morgan fingerprint density at radius 3 is 2.83 bits per heavy atom. The van der Waals surface area contributed by atoms with E-state index < -0.39 is 5.91 Å². The van der Waals surface area contributed by atoms with Gasteiger partial charge in [0.05, 0.1) is 5.69 Å². The van der Waals surface area contributed by atoms with Crippen LogP contribution in [0.3, 0.4) is 0 Å². The molecule has 0 unspecified atom stereocenters. The molecule has 0 fully saturated rings. The second kappa shape index (κ2) is 6.23. The van der Waals surface area contributed by atoms with E-state index in [1.54, 1.807) is 41.9 Å². The van der Waals surface area contributed by atoms with Crippen LogP contribution in [0.15, 0.2) is 41.9 Å². The van der Waals surface area contributed by atoms with Gasteiger partial charge in [-0.25, -0.2) is 4.98 Å². The molecule has 6 nitrogen and oxygen atoms in total. The van der Waals surface area contributed by atoms with Crippen molar-refractivity contribution in [1.82, 2.24) is 9.97 Å². The monoisotopic (exact) mass is 346 g/mol. The van der Waals surface area contributed by atoms with Gasteiger partial charge in [0.15, 0.2) is 5.13 Å². The Labute approximate surface area is 140 Å². The molecule has 116 valence electrons. The van der Waals surface area contributed by atoms with E-state index in [0.717, 1.165) is 5.56 Å². The first-order valence-corrected chi connectivity index (χ1v) is 7.80. The summed E-state index contributed by atoms with van der Waals surface area (Å²) in [5.74, 6) is -0.832. The van der Waals surface area contributed by atoms with Crippen LogP contribution in [-0.2, 0) is 0 Å². The Morgan fingerprint density at radius 2 is 2.13 bits per heavy atom. The summed E-state index contributed by atoms with van der Waals surface area (Å²) in [5.41, 5.74) is 7.31. The highest BCUT2D eigenvalue weighted by Gasteiger charge is 2.12. The van der Waals surface area contributed by atoms with Crippen molar-refractivity contribution in [3.63, 3.8) is 0 Å². The number of benzene rings is 1. The van der Waals surface area contributed by atoms with Gasteiger partial charge in [-0.15, -0.1) is 11.3 Å². The molecule has 0 saturated carbocycles. The minimum absolute atomic E-state index is 0.291. The predicted molar refractivity (Wildman–Crippen MR) is 89.8 cm³/mol. The summed E-state index contributed by atoms with van der Waals surface area (Å²) in [7, 11) is 0. The SMILES string of the molecule is NC(=O)c1cc(-c2csc(NC(=O)c3cccc(Cl)c3)n2)c[nH]1. The molecule has 0 saturated heterocycles. The van der Waals surface area contributed by atoms with Gasteiger partial charge in [0.2, 0.25) is 0 Å². The summed E-state index contributed by atoms with van der Waals surface area (Å²) < 4.78 is 0. The van der Waals surface area contributed by atoms with Crippen molar-refractivity contribution in [3.8, 4) is 11.3 Å². The van der Waals surface area contributed by atoms with Gasteiger partial charge in [-0.3, -0.25) is 14.9 Å². The van der Waals surface area contributed by atoms with Gasteiger partial charge in [-0.05, 0) is 24.3 Å². The molecule has 0 aliphatic rings. The number of aromatic nitrogens is 2. The van der Waals surface area contributed by atoms with Crippen molar-refractivity contribution >= 4 is 39.9 Å². The van der Waals surface area contributed by atoms with Crippen molar-refractivity contribution in [2.24, 2.45) is 5.73 Å². The van der Waals surface area contributed by atoms with Crippen LogP contribution in [0, 0.1) is 0 Å². The van der Waals surface area contributed by atoms with Crippen LogP contribution in [0.5, 0.6) is 0 Å². The van der Waals surface area contributed by atoms with Crippen LogP contribution in [0.2, 0.25) is 5.02 Å². The molecule has 2 aromatic heterocycles. The number of H-pyrrole nitrogens is 1. The number of nitrogens with zero attached hydrogens (tertiary/aromatic N) is 1. The van der Waals surface area contributed by atoms with Gasteiger partial charge >= 0.3 is 0 Å². The molecular formula is C15H11ClN4O2S. The standard InChI is InChI=1S/C15H11ClN4O2S/c16-10-3-1-2-8(4-10)14(22)20-15-19-12(7-23-15)9-5-11(13(17)21)18-6-9/h1-7,18H,(H2,17,21)(H,19,20,22). The van der Waals surface area contributed by atoms with Crippen LogP contribution in [0.1, 0.15) is 20.8 Å². The lowest BCUT2D eigenvalue weighted by Crippen LogP contribution is -2.11. The first kappa shape index (κ1) is 15.3. The number of aromatic amines is 1. The zero-order valence-electron chi connectivity index (χ0n) is 11.7. The predicted octanol–water partition coefficient (Wildman–Crippen LogP) is 3.14. The number of hydrogen-bond acceptors (Lipinski definition) is 4. The Balaban J connectivity index is 1.76. The lowest BCUT2D eigenvalue weighted by atomic mass is 10.2. The smallest absolute Gasteiger partial charge is 0.265 e. The molecule has 8 heteroatoms. The molecule has 0 spiro atoms. The van der Waals surface area contributed by atoms with Crippen LogP contribution < -0.4 is 11.1 Å². The van der Waals surface area contributed by atoms with Gasteiger partial charge in [-0.1, -0.05) is 17.7 Å². The van der Waals surface area contributed by atoms with Crippen LogP contribution in [-0.4, -0.2) is 21.8 Å². The average molecular weight is 347 g/mol. The van der Waals surface area contributed by atoms with Gasteiger partial charge in [0.25, 0.3) is 11.8 Å². The van der Waals surface area contributed by atoms with E-state index in [-0.39, 0.29) is 5.91 Å². The zero-order valence-corrected chi connectivity index (χ0v) is 13.2. The maximum atomic E-state index is 12.1. The molecule has 0 atom stereocenters. The molecule has 1 aromatic carbocycles. The minimum Gasteiger partial charge on any atom is -0.364 e. The van der Waals surface area contributed by atoms with Crippen molar-refractivity contribution < 1.29 is 9.59 Å². The number of carbonyl (C=O) groups is 2. The quantitative estimate of drug-likeness (QED) is 0.676. The second-order valence-electron chi connectivity index (χ2n) is 4.67. The maximum Gasteiger partial charge on any atom is 0.265 e. The van der Waals surface area contributed by atoms with Gasteiger partial charge in [0.1, 0.15) is 5.69 Å². The normalized spacial score (nSPS) is 10.5. The number of halogens is 1. The number of nitrogens with one attached hydrogen (secondary N) is 2. The number of nitrogens with two attached hydrogens (primary N) is 1. The molecule has 2 amide bonds. The third-order valence-electron chi connectivity index (χ3n) is 3.06. The van der Waals surface area contributed by atoms with Crippen LogP contribution >= 0.6 is 22.9 Å². The zero-order chi connectivity index (χ0) is 16.4. The molecule has 2 heterocycles. The van der Waals surface area contributed by atoms with Gasteiger partial charge < -0.3 is 10.7 Å². The lowest BCUT2D eigenvalue weighted by Gasteiger charge is -2.01. The third kappa shape index (κ3) is 3.41. The van der Waals surface area contributed by atoms with Gasteiger partial charge in [-0.2, -0.15) is 0 Å².